The predicted molar refractivity (Wildman–Crippen MR) is 129 cm³/mol. The van der Waals surface area contributed by atoms with E-state index in [-0.39, 0.29) is 18.2 Å². The highest BCUT2D eigenvalue weighted by molar-refractivity contribution is 5.85. The van der Waals surface area contributed by atoms with E-state index in [2.05, 4.69) is 15.3 Å². The highest BCUT2D eigenvalue weighted by Crippen LogP contribution is 2.39. The number of pyridine rings is 2. The Morgan fingerprint density at radius 1 is 1.03 bits per heavy atom. The number of likely N-dealkylation sites (tertiary alicyclic amines) is 1. The van der Waals surface area contributed by atoms with Gasteiger partial charge in [-0.25, -0.2) is 4.98 Å². The molecule has 36 heavy (non-hydrogen) atoms. The van der Waals surface area contributed by atoms with Crippen LogP contribution in [0.4, 0.5) is 13.2 Å². The van der Waals surface area contributed by atoms with Crippen LogP contribution in [0, 0.1) is 0 Å². The molecule has 5 heterocycles. The molecule has 1 aliphatic heterocycles. The molecular weight excluding hydrogens is 469 g/mol. The van der Waals surface area contributed by atoms with Gasteiger partial charge in [0.1, 0.15) is 11.7 Å². The van der Waals surface area contributed by atoms with Gasteiger partial charge in [0.2, 0.25) is 0 Å². The summed E-state index contributed by atoms with van der Waals surface area (Å²) in [5.41, 5.74) is 9.64. The summed E-state index contributed by atoms with van der Waals surface area (Å²) in [6.07, 6.45) is 1.25. The molecule has 0 bridgehead atoms. The smallest absolute Gasteiger partial charge is 0.326 e. The Morgan fingerprint density at radius 3 is 2.58 bits per heavy atom. The van der Waals surface area contributed by atoms with E-state index in [1.54, 1.807) is 27.4 Å². The largest absolute Gasteiger partial charge is 0.408 e. The summed E-state index contributed by atoms with van der Waals surface area (Å²) in [7, 11) is 1.85. The molecule has 0 aliphatic carbocycles. The van der Waals surface area contributed by atoms with Crippen molar-refractivity contribution < 1.29 is 13.2 Å². The highest BCUT2D eigenvalue weighted by atomic mass is 19.4. The number of aryl methyl sites for hydroxylation is 1. The predicted octanol–water partition coefficient (Wildman–Crippen LogP) is 3.98. The fraction of sp³-hybridized carbons (Fsp3) is 0.280. The fourth-order valence-electron chi connectivity index (χ4n) is 4.89. The third-order valence-electron chi connectivity index (χ3n) is 6.63. The molecule has 1 fully saturated rings. The van der Waals surface area contributed by atoms with Crippen molar-refractivity contribution in [1.82, 2.24) is 34.3 Å². The van der Waals surface area contributed by atoms with Crippen molar-refractivity contribution in [3.63, 3.8) is 0 Å². The van der Waals surface area contributed by atoms with E-state index in [0.29, 0.717) is 30.1 Å². The zero-order chi connectivity index (χ0) is 25.0. The van der Waals surface area contributed by atoms with Gasteiger partial charge in [0.15, 0.2) is 11.5 Å². The number of hydrogen-bond acceptors (Lipinski definition) is 6. The number of aromatic nitrogens is 6. The number of hydrogen-bond donors (Lipinski definition) is 1. The van der Waals surface area contributed by atoms with Gasteiger partial charge in [-0.15, -0.1) is 10.2 Å². The van der Waals surface area contributed by atoms with Crippen molar-refractivity contribution in [1.29, 1.82) is 0 Å². The molecule has 4 aromatic heterocycles. The zero-order valence-electron chi connectivity index (χ0n) is 19.4. The first-order valence-corrected chi connectivity index (χ1v) is 11.6. The van der Waals surface area contributed by atoms with Gasteiger partial charge in [0.25, 0.3) is 0 Å². The second-order valence-electron chi connectivity index (χ2n) is 9.21. The molecule has 2 atom stereocenters. The normalized spacial score (nSPS) is 17.9. The Bertz CT molecular complexity index is 1570. The Balaban J connectivity index is 1.43. The van der Waals surface area contributed by atoms with Gasteiger partial charge in [-0.2, -0.15) is 18.3 Å². The average molecular weight is 493 g/mol. The Morgan fingerprint density at radius 2 is 1.86 bits per heavy atom. The van der Waals surface area contributed by atoms with Crippen molar-refractivity contribution in [3.05, 3.63) is 66.6 Å². The van der Waals surface area contributed by atoms with E-state index >= 15 is 0 Å². The lowest BCUT2D eigenvalue weighted by Gasteiger charge is -2.30. The molecule has 0 saturated carbocycles. The molecule has 0 radical (unpaired) electrons. The summed E-state index contributed by atoms with van der Waals surface area (Å²) in [6, 6.07) is 10.7. The van der Waals surface area contributed by atoms with Gasteiger partial charge in [-0.05, 0) is 35.7 Å². The van der Waals surface area contributed by atoms with Crippen LogP contribution in [0.25, 0.3) is 39.2 Å². The van der Waals surface area contributed by atoms with Crippen LogP contribution in [0.15, 0.2) is 61.1 Å². The van der Waals surface area contributed by atoms with Crippen molar-refractivity contribution in [2.45, 2.75) is 24.7 Å². The van der Waals surface area contributed by atoms with Crippen molar-refractivity contribution in [2.75, 3.05) is 13.1 Å². The van der Waals surface area contributed by atoms with E-state index in [1.165, 1.54) is 17.2 Å². The molecule has 0 amide bonds. The lowest BCUT2D eigenvalue weighted by atomic mass is 10.1. The molecule has 1 saturated heterocycles. The van der Waals surface area contributed by atoms with Crippen molar-refractivity contribution in [3.8, 4) is 22.6 Å². The SMILES string of the molecule is Cn1cc(-c2ccc3ccc(-c4nnc5ccc([C@@H](N6CC[C@H](N)C6)C(F)(F)F)cn45)nc3c2)cn1. The first-order valence-electron chi connectivity index (χ1n) is 11.6. The van der Waals surface area contributed by atoms with Gasteiger partial charge in [-0.3, -0.25) is 14.0 Å². The third-order valence-corrected chi connectivity index (χ3v) is 6.63. The molecular formula is C25H23F3N8. The van der Waals surface area contributed by atoms with Gasteiger partial charge < -0.3 is 5.73 Å². The number of nitrogens with zero attached hydrogens (tertiary/aromatic N) is 7. The Kier molecular flexibility index (Phi) is 5.27. The minimum atomic E-state index is -4.45. The second kappa shape index (κ2) is 8.38. The first-order chi connectivity index (χ1) is 17.3. The van der Waals surface area contributed by atoms with E-state index in [9.17, 15) is 13.2 Å². The molecule has 11 heteroatoms. The molecule has 184 valence electrons. The monoisotopic (exact) mass is 492 g/mol. The summed E-state index contributed by atoms with van der Waals surface area (Å²) in [5, 5.41) is 13.6. The van der Waals surface area contributed by atoms with Crippen LogP contribution in [-0.4, -0.2) is 59.6 Å². The Hall–Kier alpha value is -3.83. The maximum atomic E-state index is 14.1. The van der Waals surface area contributed by atoms with Gasteiger partial charge in [-0.1, -0.05) is 24.3 Å². The third kappa shape index (κ3) is 3.99. The lowest BCUT2D eigenvalue weighted by Crippen LogP contribution is -2.38. The van der Waals surface area contributed by atoms with Crippen LogP contribution in [0.1, 0.15) is 18.0 Å². The van der Waals surface area contributed by atoms with Crippen LogP contribution in [0.5, 0.6) is 0 Å². The molecule has 2 N–H and O–H groups in total. The van der Waals surface area contributed by atoms with E-state index in [0.717, 1.165) is 22.0 Å². The molecule has 0 spiro atoms. The second-order valence-corrected chi connectivity index (χ2v) is 9.21. The number of fused-ring (bicyclic) bond motifs is 2. The molecule has 1 aliphatic rings. The number of benzene rings is 1. The van der Waals surface area contributed by atoms with Crippen LogP contribution in [0.2, 0.25) is 0 Å². The summed E-state index contributed by atoms with van der Waals surface area (Å²) in [6.45, 7) is 0.493. The summed E-state index contributed by atoms with van der Waals surface area (Å²) < 4.78 is 45.7. The summed E-state index contributed by atoms with van der Waals surface area (Å²) in [5.74, 6) is 0.375. The minimum Gasteiger partial charge on any atom is -0.326 e. The van der Waals surface area contributed by atoms with Gasteiger partial charge in [0, 0.05) is 49.5 Å². The summed E-state index contributed by atoms with van der Waals surface area (Å²) in [4.78, 5) is 6.16. The first kappa shape index (κ1) is 22.6. The molecule has 6 rings (SSSR count). The van der Waals surface area contributed by atoms with Gasteiger partial charge in [0.05, 0.1) is 11.7 Å². The van der Waals surface area contributed by atoms with E-state index in [1.807, 2.05) is 37.5 Å². The lowest BCUT2D eigenvalue weighted by molar-refractivity contribution is -0.183. The number of alkyl halides is 3. The van der Waals surface area contributed by atoms with E-state index in [4.69, 9.17) is 10.7 Å². The van der Waals surface area contributed by atoms with Crippen LogP contribution in [0.3, 0.4) is 0 Å². The molecule has 0 unspecified atom stereocenters. The fourth-order valence-corrected chi connectivity index (χ4v) is 4.89. The van der Waals surface area contributed by atoms with Crippen LogP contribution in [-0.2, 0) is 7.05 Å². The molecule has 5 aromatic rings. The number of halogens is 3. The molecule has 1 aromatic carbocycles. The highest BCUT2D eigenvalue weighted by Gasteiger charge is 2.46. The summed E-state index contributed by atoms with van der Waals surface area (Å²) >= 11 is 0. The average Bonchev–Trinajstić information content (AvgIpc) is 3.57. The number of nitrogens with two attached hydrogens (primary N) is 1. The topological polar surface area (TPSA) is 90.2 Å². The molecule has 8 nitrogen and oxygen atoms in total. The maximum absolute atomic E-state index is 14.1. The minimum absolute atomic E-state index is 0.116. The zero-order valence-corrected chi connectivity index (χ0v) is 19.4. The Labute approximate surface area is 204 Å². The quantitative estimate of drug-likeness (QED) is 0.408. The van der Waals surface area contributed by atoms with E-state index < -0.39 is 12.2 Å². The van der Waals surface area contributed by atoms with Crippen LogP contribution >= 0.6 is 0 Å². The standard InChI is InChI=1S/C25H23F3N8/c1-34-12-18(11-30-34)16-3-2-15-4-6-20(31-21(15)10-16)24-33-32-22-7-5-17(13-36(22)24)23(25(26,27)28)35-9-8-19(29)14-35/h2-7,10-13,19,23H,8-9,14,29H2,1H3/t19-,23+/m0/s1. The number of rotatable bonds is 4. The van der Waals surface area contributed by atoms with Crippen LogP contribution < -0.4 is 5.73 Å². The maximum Gasteiger partial charge on any atom is 0.408 e. The van der Waals surface area contributed by atoms with Crippen molar-refractivity contribution >= 4 is 16.6 Å². The van der Waals surface area contributed by atoms with Gasteiger partial charge >= 0.3 is 6.18 Å². The van der Waals surface area contributed by atoms with Crippen molar-refractivity contribution in [2.24, 2.45) is 12.8 Å².